The van der Waals surface area contributed by atoms with Crippen LogP contribution < -0.4 is 10.6 Å². The third-order valence-electron chi connectivity index (χ3n) is 1.80. The molecule has 108 valence electrons. The Labute approximate surface area is 104 Å². The fourth-order valence-corrected chi connectivity index (χ4v) is 1.15. The third kappa shape index (κ3) is 11.6. The number of hydrogen-bond acceptors (Lipinski definition) is 4. The zero-order chi connectivity index (χ0) is 14.0. The molecular weight excluding hydrogens is 253 g/mol. The minimum atomic E-state index is -4.31. The van der Waals surface area contributed by atoms with E-state index in [9.17, 15) is 18.0 Å². The Morgan fingerprint density at radius 3 is 2.61 bits per heavy atom. The fourth-order valence-electron chi connectivity index (χ4n) is 1.15. The number of carbonyl (C=O) groups is 1. The lowest BCUT2D eigenvalue weighted by Crippen LogP contribution is -2.41. The van der Waals surface area contributed by atoms with Crippen molar-refractivity contribution >= 4 is 5.91 Å². The predicted molar refractivity (Wildman–Crippen MR) is 59.2 cm³/mol. The fraction of sp³-hybridized carbons (Fsp3) is 0.900. The Morgan fingerprint density at radius 1 is 1.39 bits per heavy atom. The molecule has 5 nitrogen and oxygen atoms in total. The molecule has 0 saturated heterocycles. The van der Waals surface area contributed by atoms with E-state index < -0.39 is 12.8 Å². The summed E-state index contributed by atoms with van der Waals surface area (Å²) < 4.78 is 44.3. The smallest absolute Gasteiger partial charge is 0.383 e. The van der Waals surface area contributed by atoms with Gasteiger partial charge in [0.2, 0.25) is 5.91 Å². The second kappa shape index (κ2) is 9.12. The summed E-state index contributed by atoms with van der Waals surface area (Å²) in [6.45, 7) is 1.03. The second-order valence-corrected chi connectivity index (χ2v) is 3.77. The van der Waals surface area contributed by atoms with Gasteiger partial charge < -0.3 is 20.1 Å². The maximum Gasteiger partial charge on any atom is 0.411 e. The summed E-state index contributed by atoms with van der Waals surface area (Å²) in [6.07, 6.45) is -4.31. The highest BCUT2D eigenvalue weighted by atomic mass is 19.4. The molecule has 0 bridgehead atoms. The lowest BCUT2D eigenvalue weighted by atomic mass is 10.3. The molecule has 0 spiro atoms. The average Bonchev–Trinajstić information content (AvgIpc) is 2.21. The van der Waals surface area contributed by atoms with E-state index in [1.54, 1.807) is 6.92 Å². The van der Waals surface area contributed by atoms with Crippen LogP contribution in [0, 0.1) is 0 Å². The number of methoxy groups -OCH3 is 1. The number of rotatable bonds is 9. The Bertz CT molecular complexity index is 237. The van der Waals surface area contributed by atoms with Gasteiger partial charge in [0.25, 0.3) is 0 Å². The van der Waals surface area contributed by atoms with Crippen molar-refractivity contribution in [1.82, 2.24) is 10.6 Å². The normalized spacial score (nSPS) is 13.4. The minimum absolute atomic E-state index is 0.0312. The van der Waals surface area contributed by atoms with Gasteiger partial charge >= 0.3 is 6.18 Å². The average molecular weight is 272 g/mol. The van der Waals surface area contributed by atoms with Crippen molar-refractivity contribution in [3.8, 4) is 0 Å². The molecule has 0 aromatic heterocycles. The van der Waals surface area contributed by atoms with E-state index in [1.807, 2.05) is 0 Å². The molecule has 1 unspecified atom stereocenters. The van der Waals surface area contributed by atoms with Gasteiger partial charge in [-0.2, -0.15) is 13.2 Å². The van der Waals surface area contributed by atoms with Crippen molar-refractivity contribution < 1.29 is 27.4 Å². The van der Waals surface area contributed by atoms with E-state index in [0.29, 0.717) is 6.61 Å². The first-order valence-corrected chi connectivity index (χ1v) is 5.48. The van der Waals surface area contributed by atoms with Crippen LogP contribution in [0.5, 0.6) is 0 Å². The highest BCUT2D eigenvalue weighted by Gasteiger charge is 2.27. The van der Waals surface area contributed by atoms with Gasteiger partial charge in [-0.25, -0.2) is 0 Å². The molecule has 0 aliphatic carbocycles. The van der Waals surface area contributed by atoms with Crippen molar-refractivity contribution in [2.24, 2.45) is 0 Å². The van der Waals surface area contributed by atoms with Gasteiger partial charge in [-0.3, -0.25) is 4.79 Å². The van der Waals surface area contributed by atoms with Gasteiger partial charge in [0.1, 0.15) is 6.61 Å². The predicted octanol–water partition coefficient (Wildman–Crippen LogP) is 0.306. The maximum atomic E-state index is 11.7. The Kier molecular flexibility index (Phi) is 8.69. The van der Waals surface area contributed by atoms with E-state index in [4.69, 9.17) is 4.74 Å². The SMILES string of the molecule is COCC(C)NC(=O)CNCCOCC(F)(F)F. The number of amides is 1. The van der Waals surface area contributed by atoms with E-state index >= 15 is 0 Å². The zero-order valence-electron chi connectivity index (χ0n) is 10.5. The molecule has 0 saturated carbocycles. The highest BCUT2D eigenvalue weighted by Crippen LogP contribution is 2.13. The number of hydrogen-bond donors (Lipinski definition) is 2. The van der Waals surface area contributed by atoms with Crippen molar-refractivity contribution in [1.29, 1.82) is 0 Å². The quantitative estimate of drug-likeness (QED) is 0.593. The lowest BCUT2D eigenvalue weighted by Gasteiger charge is -2.13. The van der Waals surface area contributed by atoms with Gasteiger partial charge in [0.05, 0.1) is 19.8 Å². The third-order valence-corrected chi connectivity index (χ3v) is 1.80. The molecule has 0 aliphatic heterocycles. The summed E-state index contributed by atoms with van der Waals surface area (Å²) in [5, 5.41) is 5.32. The van der Waals surface area contributed by atoms with E-state index in [0.717, 1.165) is 0 Å². The number of halogens is 3. The van der Waals surface area contributed by atoms with E-state index in [-0.39, 0.29) is 31.6 Å². The molecule has 1 atom stereocenters. The van der Waals surface area contributed by atoms with Crippen LogP contribution in [0.3, 0.4) is 0 Å². The number of nitrogens with one attached hydrogen (secondary N) is 2. The molecule has 18 heavy (non-hydrogen) atoms. The van der Waals surface area contributed by atoms with Crippen molar-refractivity contribution in [3.63, 3.8) is 0 Å². The zero-order valence-corrected chi connectivity index (χ0v) is 10.5. The Balaban J connectivity index is 3.41. The molecular formula is C10H19F3N2O3. The van der Waals surface area contributed by atoms with Gasteiger partial charge in [-0.1, -0.05) is 0 Å². The van der Waals surface area contributed by atoms with Gasteiger partial charge in [-0.15, -0.1) is 0 Å². The molecule has 0 radical (unpaired) electrons. The largest absolute Gasteiger partial charge is 0.411 e. The molecule has 0 rings (SSSR count). The monoisotopic (exact) mass is 272 g/mol. The van der Waals surface area contributed by atoms with Crippen molar-refractivity contribution in [3.05, 3.63) is 0 Å². The minimum Gasteiger partial charge on any atom is -0.383 e. The summed E-state index contributed by atoms with van der Waals surface area (Å²) in [5.74, 6) is -0.240. The first-order chi connectivity index (χ1) is 8.35. The lowest BCUT2D eigenvalue weighted by molar-refractivity contribution is -0.173. The standard InChI is InChI=1S/C10H19F3N2O3/c1-8(6-17-2)15-9(16)5-14-3-4-18-7-10(11,12)13/h8,14H,3-7H2,1-2H3,(H,15,16). The molecule has 1 amide bonds. The molecule has 8 heteroatoms. The molecule has 0 aliphatic rings. The van der Waals surface area contributed by atoms with Gasteiger partial charge in [-0.05, 0) is 6.92 Å². The number of alkyl halides is 3. The maximum absolute atomic E-state index is 11.7. The molecule has 0 heterocycles. The number of carbonyl (C=O) groups excluding carboxylic acids is 1. The van der Waals surface area contributed by atoms with Gasteiger partial charge in [0, 0.05) is 19.7 Å². The van der Waals surface area contributed by atoms with Crippen LogP contribution in [0.15, 0.2) is 0 Å². The molecule has 0 aromatic carbocycles. The van der Waals surface area contributed by atoms with Crippen molar-refractivity contribution in [2.75, 3.05) is 40.0 Å². The Hall–Kier alpha value is -0.860. The Morgan fingerprint density at radius 2 is 2.06 bits per heavy atom. The van der Waals surface area contributed by atoms with Crippen LogP contribution in [-0.2, 0) is 14.3 Å². The molecule has 2 N–H and O–H groups in total. The molecule has 0 aromatic rings. The van der Waals surface area contributed by atoms with Crippen LogP contribution in [0.25, 0.3) is 0 Å². The summed E-state index contributed by atoms with van der Waals surface area (Å²) >= 11 is 0. The van der Waals surface area contributed by atoms with Crippen molar-refractivity contribution in [2.45, 2.75) is 19.1 Å². The second-order valence-electron chi connectivity index (χ2n) is 3.77. The van der Waals surface area contributed by atoms with Gasteiger partial charge in [0.15, 0.2) is 0 Å². The van der Waals surface area contributed by atoms with Crippen LogP contribution >= 0.6 is 0 Å². The summed E-state index contributed by atoms with van der Waals surface area (Å²) in [4.78, 5) is 11.3. The summed E-state index contributed by atoms with van der Waals surface area (Å²) in [7, 11) is 1.53. The number of ether oxygens (including phenoxy) is 2. The first kappa shape index (κ1) is 17.1. The highest BCUT2D eigenvalue weighted by molar-refractivity contribution is 5.78. The van der Waals surface area contributed by atoms with Crippen LogP contribution in [0.1, 0.15) is 6.92 Å². The summed E-state index contributed by atoms with van der Waals surface area (Å²) in [5.41, 5.74) is 0. The first-order valence-electron chi connectivity index (χ1n) is 5.48. The topological polar surface area (TPSA) is 59.6 Å². The van der Waals surface area contributed by atoms with E-state index in [2.05, 4.69) is 15.4 Å². The van der Waals surface area contributed by atoms with Crippen LogP contribution in [0.2, 0.25) is 0 Å². The van der Waals surface area contributed by atoms with Crippen LogP contribution in [0.4, 0.5) is 13.2 Å². The summed E-state index contributed by atoms with van der Waals surface area (Å²) in [6, 6.07) is -0.106. The van der Waals surface area contributed by atoms with Crippen LogP contribution in [-0.4, -0.2) is 58.1 Å². The molecule has 0 fully saturated rings. The van der Waals surface area contributed by atoms with E-state index in [1.165, 1.54) is 7.11 Å².